The Hall–Kier alpha value is -3.02. The molecule has 22 heavy (non-hydrogen) atoms. The van der Waals surface area contributed by atoms with Gasteiger partial charge in [-0.3, -0.25) is 4.79 Å². The highest BCUT2D eigenvalue weighted by molar-refractivity contribution is 5.95. The fraction of sp³-hybridized carbons (Fsp3) is 0.125. The summed E-state index contributed by atoms with van der Waals surface area (Å²) in [4.78, 5) is 22.8. The summed E-state index contributed by atoms with van der Waals surface area (Å²) < 4.78 is 7.10. The van der Waals surface area contributed by atoms with Crippen LogP contribution in [0.5, 0.6) is 0 Å². The van der Waals surface area contributed by atoms with Gasteiger partial charge in [-0.05, 0) is 36.4 Å². The molecule has 0 bridgehead atoms. The summed E-state index contributed by atoms with van der Waals surface area (Å²) in [5.74, 6) is -1.34. The highest BCUT2D eigenvalue weighted by Gasteiger charge is 2.11. The molecular weight excluding hydrogens is 284 g/mol. The average Bonchev–Trinajstić information content (AvgIpc) is 3.14. The molecule has 112 valence electrons. The fourth-order valence-corrected chi connectivity index (χ4v) is 2.20. The minimum absolute atomic E-state index is 0.102. The van der Waals surface area contributed by atoms with Crippen LogP contribution in [0, 0.1) is 0 Å². The maximum atomic E-state index is 11.9. The molecule has 0 aliphatic heterocycles. The third-order valence-electron chi connectivity index (χ3n) is 3.27. The van der Waals surface area contributed by atoms with E-state index >= 15 is 0 Å². The smallest absolute Gasteiger partial charge is 0.371 e. The van der Waals surface area contributed by atoms with Gasteiger partial charge in [0.25, 0.3) is 0 Å². The second kappa shape index (κ2) is 5.77. The van der Waals surface area contributed by atoms with E-state index in [2.05, 4.69) is 5.32 Å². The lowest BCUT2D eigenvalue weighted by Crippen LogP contribution is -2.13. The number of carboxylic acid groups (broad SMARTS) is 1. The Balaban J connectivity index is 1.67. The van der Waals surface area contributed by atoms with Crippen molar-refractivity contribution in [2.24, 2.45) is 0 Å². The van der Waals surface area contributed by atoms with Crippen LogP contribution in [-0.4, -0.2) is 21.6 Å². The minimum Gasteiger partial charge on any atom is -0.475 e. The first kappa shape index (κ1) is 13.9. The SMILES string of the molecule is O=C(CCn1cccc1)Nc1ccc2oc(C(=O)O)cc2c1. The molecule has 0 saturated heterocycles. The monoisotopic (exact) mass is 298 g/mol. The minimum atomic E-state index is -1.12. The summed E-state index contributed by atoms with van der Waals surface area (Å²) in [7, 11) is 0. The number of anilines is 1. The van der Waals surface area contributed by atoms with E-state index < -0.39 is 5.97 Å². The van der Waals surface area contributed by atoms with E-state index in [4.69, 9.17) is 9.52 Å². The van der Waals surface area contributed by atoms with Gasteiger partial charge in [0.1, 0.15) is 5.58 Å². The average molecular weight is 298 g/mol. The van der Waals surface area contributed by atoms with Gasteiger partial charge in [-0.2, -0.15) is 0 Å². The standard InChI is InChI=1S/C16H14N2O4/c19-15(5-8-18-6-1-2-7-18)17-12-3-4-13-11(9-12)10-14(22-13)16(20)21/h1-4,6-7,9-10H,5,8H2,(H,17,19)(H,20,21). The van der Waals surface area contributed by atoms with Crippen molar-refractivity contribution in [3.05, 3.63) is 54.6 Å². The number of nitrogens with one attached hydrogen (secondary N) is 1. The topological polar surface area (TPSA) is 84.5 Å². The van der Waals surface area contributed by atoms with Crippen molar-refractivity contribution < 1.29 is 19.1 Å². The summed E-state index contributed by atoms with van der Waals surface area (Å²) in [5.41, 5.74) is 1.09. The Morgan fingerprint density at radius 2 is 1.95 bits per heavy atom. The molecule has 2 N–H and O–H groups in total. The molecule has 0 saturated carbocycles. The number of hydrogen-bond acceptors (Lipinski definition) is 3. The van der Waals surface area contributed by atoms with E-state index in [0.717, 1.165) is 0 Å². The number of fused-ring (bicyclic) bond motifs is 1. The van der Waals surface area contributed by atoms with Crippen LogP contribution in [0.4, 0.5) is 5.69 Å². The molecule has 0 radical (unpaired) electrons. The number of furan rings is 1. The van der Waals surface area contributed by atoms with Crippen molar-refractivity contribution in [1.82, 2.24) is 4.57 Å². The first-order valence-corrected chi connectivity index (χ1v) is 6.79. The molecule has 2 aromatic heterocycles. The van der Waals surface area contributed by atoms with Gasteiger partial charge < -0.3 is 19.4 Å². The molecule has 3 rings (SSSR count). The van der Waals surface area contributed by atoms with Gasteiger partial charge in [0.05, 0.1) is 0 Å². The van der Waals surface area contributed by atoms with Crippen molar-refractivity contribution in [2.45, 2.75) is 13.0 Å². The van der Waals surface area contributed by atoms with Crippen molar-refractivity contribution in [1.29, 1.82) is 0 Å². The largest absolute Gasteiger partial charge is 0.475 e. The molecule has 2 heterocycles. The van der Waals surface area contributed by atoms with Gasteiger partial charge in [-0.1, -0.05) is 0 Å². The second-order valence-corrected chi connectivity index (χ2v) is 4.89. The zero-order valence-corrected chi connectivity index (χ0v) is 11.7. The highest BCUT2D eigenvalue weighted by Crippen LogP contribution is 2.23. The van der Waals surface area contributed by atoms with Gasteiger partial charge in [0.15, 0.2) is 0 Å². The molecule has 6 heteroatoms. The van der Waals surface area contributed by atoms with E-state index in [-0.39, 0.29) is 11.7 Å². The predicted octanol–water partition coefficient (Wildman–Crippen LogP) is 2.96. The lowest BCUT2D eigenvalue weighted by molar-refractivity contribution is -0.116. The van der Waals surface area contributed by atoms with Gasteiger partial charge in [0, 0.05) is 36.4 Å². The summed E-state index contributed by atoms with van der Waals surface area (Å²) in [6.07, 6.45) is 4.16. The van der Waals surface area contributed by atoms with Crippen LogP contribution in [0.3, 0.4) is 0 Å². The number of nitrogens with zero attached hydrogens (tertiary/aromatic N) is 1. The van der Waals surface area contributed by atoms with Crippen LogP contribution in [0.2, 0.25) is 0 Å². The number of aryl methyl sites for hydroxylation is 1. The van der Waals surface area contributed by atoms with Crippen LogP contribution >= 0.6 is 0 Å². The number of amides is 1. The van der Waals surface area contributed by atoms with Crippen molar-refractivity contribution in [2.75, 3.05) is 5.32 Å². The molecule has 0 atom stereocenters. The summed E-state index contributed by atoms with van der Waals surface area (Å²) >= 11 is 0. The summed E-state index contributed by atoms with van der Waals surface area (Å²) in [6, 6.07) is 10.3. The van der Waals surface area contributed by atoms with E-state index in [9.17, 15) is 9.59 Å². The molecule has 0 aliphatic rings. The lowest BCUT2D eigenvalue weighted by Gasteiger charge is -2.06. The van der Waals surface area contributed by atoms with Crippen LogP contribution < -0.4 is 5.32 Å². The lowest BCUT2D eigenvalue weighted by atomic mass is 10.2. The van der Waals surface area contributed by atoms with Crippen LogP contribution in [-0.2, 0) is 11.3 Å². The number of carbonyl (C=O) groups is 2. The quantitative estimate of drug-likeness (QED) is 0.758. The molecule has 3 aromatic rings. The van der Waals surface area contributed by atoms with Crippen LogP contribution in [0.15, 0.2) is 53.2 Å². The molecule has 0 aliphatic carbocycles. The Kier molecular flexibility index (Phi) is 3.65. The molecule has 0 fully saturated rings. The van der Waals surface area contributed by atoms with Gasteiger partial charge >= 0.3 is 5.97 Å². The van der Waals surface area contributed by atoms with Crippen LogP contribution in [0.1, 0.15) is 17.0 Å². The Morgan fingerprint density at radius 3 is 2.68 bits per heavy atom. The van der Waals surface area contributed by atoms with Gasteiger partial charge in [-0.15, -0.1) is 0 Å². The Bertz CT molecular complexity index is 818. The number of aromatic carboxylic acids is 1. The number of benzene rings is 1. The molecule has 1 amide bonds. The van der Waals surface area contributed by atoms with Crippen LogP contribution in [0.25, 0.3) is 11.0 Å². The number of carboxylic acids is 1. The predicted molar refractivity (Wildman–Crippen MR) is 80.9 cm³/mol. The molecule has 0 spiro atoms. The highest BCUT2D eigenvalue weighted by atomic mass is 16.4. The number of carbonyl (C=O) groups excluding carboxylic acids is 1. The molecule has 1 aromatic carbocycles. The number of aromatic nitrogens is 1. The van der Waals surface area contributed by atoms with Crippen molar-refractivity contribution >= 4 is 28.5 Å². The zero-order chi connectivity index (χ0) is 15.5. The number of rotatable bonds is 5. The first-order chi connectivity index (χ1) is 10.6. The third-order valence-corrected chi connectivity index (χ3v) is 3.27. The molecule has 0 unspecified atom stereocenters. The van der Waals surface area contributed by atoms with E-state index in [1.54, 1.807) is 18.2 Å². The Labute approximate surface area is 126 Å². The maximum absolute atomic E-state index is 11.9. The van der Waals surface area contributed by atoms with Gasteiger partial charge in [0.2, 0.25) is 11.7 Å². The maximum Gasteiger partial charge on any atom is 0.371 e. The summed E-state index contributed by atoms with van der Waals surface area (Å²) in [6.45, 7) is 0.607. The first-order valence-electron chi connectivity index (χ1n) is 6.79. The zero-order valence-electron chi connectivity index (χ0n) is 11.7. The van der Waals surface area contributed by atoms with E-state index in [0.29, 0.717) is 29.6 Å². The number of hydrogen-bond donors (Lipinski definition) is 2. The van der Waals surface area contributed by atoms with Crippen molar-refractivity contribution in [3.63, 3.8) is 0 Å². The van der Waals surface area contributed by atoms with E-state index in [1.807, 2.05) is 29.1 Å². The second-order valence-electron chi connectivity index (χ2n) is 4.89. The third kappa shape index (κ3) is 3.01. The normalized spacial score (nSPS) is 10.7. The summed E-state index contributed by atoms with van der Waals surface area (Å²) in [5, 5.41) is 12.3. The fourth-order valence-electron chi connectivity index (χ4n) is 2.20. The van der Waals surface area contributed by atoms with Gasteiger partial charge in [-0.25, -0.2) is 4.79 Å². The Morgan fingerprint density at radius 1 is 1.18 bits per heavy atom. The molecule has 6 nitrogen and oxygen atoms in total. The molecular formula is C16H14N2O4. The van der Waals surface area contributed by atoms with E-state index in [1.165, 1.54) is 6.07 Å². The van der Waals surface area contributed by atoms with Crippen molar-refractivity contribution in [3.8, 4) is 0 Å².